The fraction of sp³-hybridized carbons (Fsp3) is 0.250. The first-order valence-electron chi connectivity index (χ1n) is 12.3. The summed E-state index contributed by atoms with van der Waals surface area (Å²) < 4.78 is 0. The number of nitrogens with one attached hydrogen (secondary N) is 2. The van der Waals surface area contributed by atoms with Crippen molar-refractivity contribution in [1.29, 1.82) is 5.41 Å². The standard InChI is InChI=1S/C28H26N4O7S/c1-32(2)16-10-15(31-28(39)40-11-6-4-3-5-7-11)23(34)18-12(16)8-13-19(24(18)35)25(36)20-14(22(13)29)9-17(33)21(26(20)37)27(30)38/h3-7,10,13-14,20,29,33-34,36H,8-9H2,1-2H3,(H2,30,38)(H,31,39)/t13-,14?,20?/m1/s1. The van der Waals surface area contributed by atoms with E-state index < -0.39 is 63.3 Å². The lowest BCUT2D eigenvalue weighted by atomic mass is 9.61. The molecule has 2 aromatic carbocycles. The fourth-order valence-corrected chi connectivity index (χ4v) is 6.40. The first-order valence-corrected chi connectivity index (χ1v) is 13.2. The molecule has 40 heavy (non-hydrogen) atoms. The lowest BCUT2D eigenvalue weighted by Gasteiger charge is -2.42. The van der Waals surface area contributed by atoms with Gasteiger partial charge in [0.25, 0.3) is 11.1 Å². The number of ketones is 2. The maximum atomic E-state index is 13.9. The van der Waals surface area contributed by atoms with Crippen LogP contribution in [0, 0.1) is 23.2 Å². The number of fused-ring (bicyclic) bond motifs is 3. The van der Waals surface area contributed by atoms with Gasteiger partial charge in [-0.25, -0.2) is 0 Å². The van der Waals surface area contributed by atoms with Crippen LogP contribution < -0.4 is 16.0 Å². The fourth-order valence-electron chi connectivity index (χ4n) is 5.74. The van der Waals surface area contributed by atoms with Gasteiger partial charge in [-0.15, -0.1) is 0 Å². The third kappa shape index (κ3) is 4.20. The molecule has 0 spiro atoms. The number of primary amides is 1. The normalized spacial score (nSPS) is 21.9. The van der Waals surface area contributed by atoms with Crippen LogP contribution in [-0.4, -0.2) is 57.8 Å². The number of carbonyl (C=O) groups excluding carboxylic acids is 4. The molecular weight excluding hydrogens is 536 g/mol. The molecule has 0 heterocycles. The molecule has 5 rings (SSSR count). The van der Waals surface area contributed by atoms with Crippen LogP contribution in [-0.2, 0) is 16.0 Å². The molecule has 0 saturated carbocycles. The number of phenols is 1. The monoisotopic (exact) mass is 562 g/mol. The van der Waals surface area contributed by atoms with Gasteiger partial charge in [0.15, 0.2) is 17.3 Å². The number of allylic oxidation sites excluding steroid dienone is 3. The molecule has 3 aliphatic carbocycles. The summed E-state index contributed by atoms with van der Waals surface area (Å²) in [4.78, 5) is 54.0. The predicted molar refractivity (Wildman–Crippen MR) is 148 cm³/mol. The highest BCUT2D eigenvalue weighted by Crippen LogP contribution is 2.50. The van der Waals surface area contributed by atoms with Crippen molar-refractivity contribution in [2.75, 3.05) is 24.3 Å². The van der Waals surface area contributed by atoms with E-state index in [9.17, 15) is 34.5 Å². The summed E-state index contributed by atoms with van der Waals surface area (Å²) >= 11 is 0.897. The third-order valence-corrected chi connectivity index (χ3v) is 8.30. The van der Waals surface area contributed by atoms with Gasteiger partial charge in [0.1, 0.15) is 17.1 Å². The number of thioether (sulfide) groups is 1. The molecule has 2 unspecified atom stereocenters. The Morgan fingerprint density at radius 3 is 2.40 bits per heavy atom. The van der Waals surface area contributed by atoms with Crippen molar-refractivity contribution < 1.29 is 34.5 Å². The summed E-state index contributed by atoms with van der Waals surface area (Å²) in [5.74, 6) is -7.95. The summed E-state index contributed by atoms with van der Waals surface area (Å²) in [6.45, 7) is 0. The third-order valence-electron chi connectivity index (χ3n) is 7.51. The topological polar surface area (TPSA) is 194 Å². The molecule has 0 radical (unpaired) electrons. The molecule has 3 atom stereocenters. The summed E-state index contributed by atoms with van der Waals surface area (Å²) in [7, 11) is 3.45. The number of aromatic hydroxyl groups is 1. The summed E-state index contributed by atoms with van der Waals surface area (Å²) in [5.41, 5.74) is 5.05. The molecule has 0 bridgehead atoms. The average Bonchev–Trinajstić information content (AvgIpc) is 2.88. The van der Waals surface area contributed by atoms with Crippen LogP contribution in [0.4, 0.5) is 16.2 Å². The van der Waals surface area contributed by atoms with Gasteiger partial charge in [0.05, 0.1) is 17.2 Å². The largest absolute Gasteiger partial charge is 0.511 e. The maximum Gasteiger partial charge on any atom is 0.288 e. The van der Waals surface area contributed by atoms with Gasteiger partial charge in [-0.1, -0.05) is 18.2 Å². The highest BCUT2D eigenvalue weighted by molar-refractivity contribution is 8.13. The predicted octanol–water partition coefficient (Wildman–Crippen LogP) is 3.49. The van der Waals surface area contributed by atoms with Crippen LogP contribution in [0.15, 0.2) is 64.0 Å². The van der Waals surface area contributed by atoms with Crippen LogP contribution in [0.2, 0.25) is 0 Å². The van der Waals surface area contributed by atoms with E-state index in [0.29, 0.717) is 16.1 Å². The summed E-state index contributed by atoms with van der Waals surface area (Å²) in [5, 5.41) is 43.8. The Morgan fingerprint density at radius 1 is 1.10 bits per heavy atom. The number of nitrogens with zero attached hydrogens (tertiary/aromatic N) is 1. The summed E-state index contributed by atoms with van der Waals surface area (Å²) in [6.07, 6.45) is -0.226. The lowest BCUT2D eigenvalue weighted by Crippen LogP contribution is -2.48. The Morgan fingerprint density at radius 2 is 1.77 bits per heavy atom. The molecule has 2 amide bonds. The van der Waals surface area contributed by atoms with E-state index in [1.165, 1.54) is 6.07 Å². The lowest BCUT2D eigenvalue weighted by molar-refractivity contribution is -0.125. The molecule has 2 aromatic rings. The quantitative estimate of drug-likeness (QED) is 0.184. The van der Waals surface area contributed by atoms with E-state index in [4.69, 9.17) is 11.1 Å². The van der Waals surface area contributed by atoms with Crippen molar-refractivity contribution in [3.63, 3.8) is 0 Å². The number of rotatable bonds is 4. The van der Waals surface area contributed by atoms with Gasteiger partial charge in [-0.2, -0.15) is 0 Å². The van der Waals surface area contributed by atoms with Gasteiger partial charge in [-0.3, -0.25) is 19.2 Å². The Bertz CT molecular complexity index is 1580. The second kappa shape index (κ2) is 9.87. The smallest absolute Gasteiger partial charge is 0.288 e. The van der Waals surface area contributed by atoms with E-state index >= 15 is 0 Å². The molecule has 0 fully saturated rings. The zero-order chi connectivity index (χ0) is 29.0. The number of amides is 2. The second-order valence-electron chi connectivity index (χ2n) is 10.0. The minimum atomic E-state index is -1.44. The average molecular weight is 563 g/mol. The minimum Gasteiger partial charge on any atom is -0.511 e. The van der Waals surface area contributed by atoms with E-state index in [0.717, 1.165) is 11.8 Å². The van der Waals surface area contributed by atoms with Crippen molar-refractivity contribution in [2.24, 2.45) is 23.5 Å². The highest BCUT2D eigenvalue weighted by atomic mass is 32.2. The molecule has 11 nitrogen and oxygen atoms in total. The van der Waals surface area contributed by atoms with Crippen LogP contribution in [0.3, 0.4) is 0 Å². The van der Waals surface area contributed by atoms with Crippen molar-refractivity contribution in [1.82, 2.24) is 0 Å². The zero-order valence-corrected chi connectivity index (χ0v) is 22.3. The number of aliphatic hydroxyl groups excluding tert-OH is 2. The number of anilines is 2. The Kier molecular flexibility index (Phi) is 6.66. The van der Waals surface area contributed by atoms with E-state index in [-0.39, 0.29) is 35.4 Å². The SMILES string of the molecule is CN(C)c1cc(NC(=O)Sc2ccccc2)c(O)c2c1C[C@H]1C(=N)C3CC(O)=C(C(N)=O)C(=O)C3C(O)=C1C2=O. The van der Waals surface area contributed by atoms with Crippen molar-refractivity contribution in [2.45, 2.75) is 17.7 Å². The number of hydrogen-bond acceptors (Lipinski definition) is 10. The number of carbonyl (C=O) groups is 4. The molecule has 0 saturated heterocycles. The molecule has 0 aromatic heterocycles. The number of benzene rings is 2. The Balaban J connectivity index is 1.60. The number of Topliss-reactive ketones (excluding diaryl/α,β-unsaturated/α-hetero) is 2. The van der Waals surface area contributed by atoms with Crippen LogP contribution >= 0.6 is 11.8 Å². The maximum absolute atomic E-state index is 13.9. The first-order chi connectivity index (χ1) is 18.9. The number of nitrogens with two attached hydrogens (primary N) is 1. The second-order valence-corrected chi connectivity index (χ2v) is 11.1. The highest BCUT2D eigenvalue weighted by Gasteiger charge is 2.53. The van der Waals surface area contributed by atoms with Crippen molar-refractivity contribution in [3.05, 3.63) is 70.2 Å². The van der Waals surface area contributed by atoms with Gasteiger partial charge in [0, 0.05) is 54.2 Å². The van der Waals surface area contributed by atoms with Crippen molar-refractivity contribution >= 4 is 51.6 Å². The van der Waals surface area contributed by atoms with Crippen LogP contribution in [0.5, 0.6) is 5.75 Å². The Hall–Kier alpha value is -4.58. The van der Waals surface area contributed by atoms with Crippen LogP contribution in [0.1, 0.15) is 22.3 Å². The van der Waals surface area contributed by atoms with Gasteiger partial charge in [0.2, 0.25) is 0 Å². The molecular formula is C28H26N4O7S. The minimum absolute atomic E-state index is 0.0239. The summed E-state index contributed by atoms with van der Waals surface area (Å²) in [6, 6.07) is 10.4. The zero-order valence-electron chi connectivity index (χ0n) is 21.5. The first kappa shape index (κ1) is 27.0. The molecule has 0 aliphatic heterocycles. The van der Waals surface area contributed by atoms with Gasteiger partial charge in [-0.05, 0) is 41.9 Å². The van der Waals surface area contributed by atoms with E-state index in [1.54, 1.807) is 43.3 Å². The number of phenolic OH excluding ortho intramolecular Hbond substituents is 1. The van der Waals surface area contributed by atoms with E-state index in [2.05, 4.69) is 5.32 Å². The number of hydrogen-bond donors (Lipinski definition) is 6. The van der Waals surface area contributed by atoms with Gasteiger partial charge >= 0.3 is 0 Å². The van der Waals surface area contributed by atoms with Gasteiger partial charge < -0.3 is 36.7 Å². The molecule has 7 N–H and O–H groups in total. The molecule has 12 heteroatoms. The molecule has 206 valence electrons. The Labute approximate surface area is 232 Å². The van der Waals surface area contributed by atoms with E-state index in [1.807, 2.05) is 6.07 Å². The van der Waals surface area contributed by atoms with Crippen LogP contribution in [0.25, 0.3) is 0 Å². The van der Waals surface area contributed by atoms with Crippen molar-refractivity contribution in [3.8, 4) is 5.75 Å². The number of aliphatic hydroxyl groups is 2. The molecule has 3 aliphatic rings.